The van der Waals surface area contributed by atoms with Crippen LogP contribution in [0.5, 0.6) is 0 Å². The van der Waals surface area contributed by atoms with Crippen LogP contribution in [0.4, 0.5) is 5.69 Å². The molecule has 92 valence electrons. The van der Waals surface area contributed by atoms with Gasteiger partial charge in [-0.1, -0.05) is 22.9 Å². The number of rotatable bonds is 4. The first-order chi connectivity index (χ1) is 7.99. The van der Waals surface area contributed by atoms with Crippen LogP contribution >= 0.6 is 15.9 Å². The summed E-state index contributed by atoms with van der Waals surface area (Å²) in [5, 5.41) is 7.61. The number of nitrogens with one attached hydrogen (secondary N) is 1. The molecule has 0 heterocycles. The van der Waals surface area contributed by atoms with Gasteiger partial charge in [-0.25, -0.2) is 0 Å². The second-order valence-electron chi connectivity index (χ2n) is 4.93. The maximum Gasteiger partial charge on any atom is 0.124 e. The predicted molar refractivity (Wildman–Crippen MR) is 75.7 cm³/mol. The molecule has 1 aliphatic rings. The van der Waals surface area contributed by atoms with Crippen molar-refractivity contribution in [3.05, 3.63) is 28.2 Å². The number of nitrogens with zero attached hydrogens (tertiary/aromatic N) is 1. The Labute approximate surface area is 111 Å². The van der Waals surface area contributed by atoms with Gasteiger partial charge < -0.3 is 10.6 Å². The SMILES string of the molecule is CC1CC1CN(C)c1cc(Br)ccc1C(=N)N. The van der Waals surface area contributed by atoms with E-state index in [4.69, 9.17) is 11.1 Å². The van der Waals surface area contributed by atoms with E-state index in [1.807, 2.05) is 18.2 Å². The Hall–Kier alpha value is -1.03. The number of halogens is 1. The molecule has 0 bridgehead atoms. The Bertz CT molecular complexity index is 444. The fraction of sp³-hybridized carbons (Fsp3) is 0.462. The average Bonchev–Trinajstić information content (AvgIpc) is 2.93. The lowest BCUT2D eigenvalue weighted by atomic mass is 10.1. The Morgan fingerprint density at radius 1 is 1.59 bits per heavy atom. The summed E-state index contributed by atoms with van der Waals surface area (Å²) in [5.41, 5.74) is 7.46. The summed E-state index contributed by atoms with van der Waals surface area (Å²) >= 11 is 3.47. The summed E-state index contributed by atoms with van der Waals surface area (Å²) in [4.78, 5) is 2.20. The zero-order chi connectivity index (χ0) is 12.6. The van der Waals surface area contributed by atoms with Crippen LogP contribution < -0.4 is 10.6 Å². The fourth-order valence-electron chi connectivity index (χ4n) is 2.15. The van der Waals surface area contributed by atoms with Crippen LogP contribution in [-0.2, 0) is 0 Å². The number of amidine groups is 1. The summed E-state index contributed by atoms with van der Waals surface area (Å²) < 4.78 is 1.02. The minimum Gasteiger partial charge on any atom is -0.384 e. The molecule has 4 heteroatoms. The minimum atomic E-state index is 0.128. The maximum absolute atomic E-state index is 7.61. The molecule has 0 aliphatic heterocycles. The normalized spacial score (nSPS) is 22.3. The van der Waals surface area contributed by atoms with E-state index in [-0.39, 0.29) is 5.84 Å². The number of hydrogen-bond donors (Lipinski definition) is 2. The number of nitrogens with two attached hydrogens (primary N) is 1. The lowest BCUT2D eigenvalue weighted by Gasteiger charge is -2.22. The van der Waals surface area contributed by atoms with Crippen molar-refractivity contribution in [2.24, 2.45) is 17.6 Å². The number of nitrogen functional groups attached to an aromatic ring is 1. The van der Waals surface area contributed by atoms with Crippen LogP contribution in [0.1, 0.15) is 18.9 Å². The van der Waals surface area contributed by atoms with Gasteiger partial charge in [0.05, 0.1) is 0 Å². The minimum absolute atomic E-state index is 0.128. The molecule has 2 rings (SSSR count). The number of anilines is 1. The summed E-state index contributed by atoms with van der Waals surface area (Å²) in [6.07, 6.45) is 1.31. The van der Waals surface area contributed by atoms with Gasteiger partial charge in [0, 0.05) is 29.3 Å². The van der Waals surface area contributed by atoms with E-state index in [0.29, 0.717) is 0 Å². The fourth-order valence-corrected chi connectivity index (χ4v) is 2.50. The largest absolute Gasteiger partial charge is 0.384 e. The van der Waals surface area contributed by atoms with Gasteiger partial charge in [-0.2, -0.15) is 0 Å². The third-order valence-corrected chi connectivity index (χ3v) is 3.94. The summed E-state index contributed by atoms with van der Waals surface area (Å²) in [6, 6.07) is 5.85. The summed E-state index contributed by atoms with van der Waals surface area (Å²) in [6.45, 7) is 3.32. The smallest absolute Gasteiger partial charge is 0.124 e. The lowest BCUT2D eigenvalue weighted by Crippen LogP contribution is -2.24. The van der Waals surface area contributed by atoms with Crippen molar-refractivity contribution in [3.8, 4) is 0 Å². The van der Waals surface area contributed by atoms with Crippen molar-refractivity contribution in [2.45, 2.75) is 13.3 Å². The first kappa shape index (κ1) is 12.4. The maximum atomic E-state index is 7.61. The van der Waals surface area contributed by atoms with E-state index < -0.39 is 0 Å². The summed E-state index contributed by atoms with van der Waals surface area (Å²) in [7, 11) is 2.07. The molecule has 17 heavy (non-hydrogen) atoms. The van der Waals surface area contributed by atoms with Gasteiger partial charge in [-0.05, 0) is 36.5 Å². The second kappa shape index (κ2) is 4.69. The zero-order valence-corrected chi connectivity index (χ0v) is 11.8. The lowest BCUT2D eigenvalue weighted by molar-refractivity contribution is 0.725. The molecule has 3 N–H and O–H groups in total. The van der Waals surface area contributed by atoms with E-state index in [9.17, 15) is 0 Å². The molecular formula is C13H18BrN3. The topological polar surface area (TPSA) is 53.1 Å². The third-order valence-electron chi connectivity index (χ3n) is 3.45. The third kappa shape index (κ3) is 2.80. The van der Waals surface area contributed by atoms with Gasteiger partial charge >= 0.3 is 0 Å². The molecule has 0 saturated heterocycles. The highest BCUT2D eigenvalue weighted by molar-refractivity contribution is 9.10. The predicted octanol–water partition coefficient (Wildman–Crippen LogP) is 2.83. The van der Waals surface area contributed by atoms with Gasteiger partial charge in [-0.15, -0.1) is 0 Å². The Morgan fingerprint density at radius 3 is 2.76 bits per heavy atom. The molecule has 0 amide bonds. The molecule has 1 aromatic carbocycles. The van der Waals surface area contributed by atoms with Crippen molar-refractivity contribution in [1.82, 2.24) is 0 Å². The van der Waals surface area contributed by atoms with Gasteiger partial charge in [0.1, 0.15) is 5.84 Å². The molecule has 1 fully saturated rings. The van der Waals surface area contributed by atoms with Gasteiger partial charge in [0.15, 0.2) is 0 Å². The van der Waals surface area contributed by atoms with E-state index in [1.54, 1.807) is 0 Å². The van der Waals surface area contributed by atoms with Crippen LogP contribution in [0, 0.1) is 17.2 Å². The van der Waals surface area contributed by atoms with Crippen molar-refractivity contribution >= 4 is 27.5 Å². The average molecular weight is 296 g/mol. The van der Waals surface area contributed by atoms with E-state index in [1.165, 1.54) is 6.42 Å². The highest BCUT2D eigenvalue weighted by atomic mass is 79.9. The first-order valence-electron chi connectivity index (χ1n) is 5.84. The van der Waals surface area contributed by atoms with Crippen molar-refractivity contribution in [2.75, 3.05) is 18.5 Å². The molecule has 1 saturated carbocycles. The standard InChI is InChI=1S/C13H18BrN3/c1-8-5-9(8)7-17(2)12-6-10(14)3-4-11(12)13(15)16/h3-4,6,8-9H,5,7H2,1-2H3,(H3,15,16). The Morgan fingerprint density at radius 2 is 2.24 bits per heavy atom. The van der Waals surface area contributed by atoms with E-state index in [2.05, 4.69) is 34.8 Å². The van der Waals surface area contributed by atoms with Gasteiger partial charge in [-0.3, -0.25) is 5.41 Å². The molecule has 1 aromatic rings. The summed E-state index contributed by atoms with van der Waals surface area (Å²) in [5.74, 6) is 1.76. The zero-order valence-electron chi connectivity index (χ0n) is 10.2. The molecule has 3 nitrogen and oxygen atoms in total. The number of hydrogen-bond acceptors (Lipinski definition) is 2. The molecule has 2 atom stereocenters. The van der Waals surface area contributed by atoms with Crippen LogP contribution in [0.3, 0.4) is 0 Å². The van der Waals surface area contributed by atoms with Crippen LogP contribution in [0.25, 0.3) is 0 Å². The highest BCUT2D eigenvalue weighted by Gasteiger charge is 2.33. The first-order valence-corrected chi connectivity index (χ1v) is 6.63. The Kier molecular flexibility index (Phi) is 3.43. The van der Waals surface area contributed by atoms with Crippen LogP contribution in [0.2, 0.25) is 0 Å². The molecule has 0 radical (unpaired) electrons. The molecular weight excluding hydrogens is 278 g/mol. The van der Waals surface area contributed by atoms with Gasteiger partial charge in [0.25, 0.3) is 0 Å². The van der Waals surface area contributed by atoms with Crippen molar-refractivity contribution < 1.29 is 0 Å². The van der Waals surface area contributed by atoms with Crippen molar-refractivity contribution in [1.29, 1.82) is 5.41 Å². The van der Waals surface area contributed by atoms with Crippen LogP contribution in [0.15, 0.2) is 22.7 Å². The molecule has 2 unspecified atom stereocenters. The number of benzene rings is 1. The molecule has 0 aromatic heterocycles. The monoisotopic (exact) mass is 295 g/mol. The van der Waals surface area contributed by atoms with Gasteiger partial charge in [0.2, 0.25) is 0 Å². The molecule has 0 spiro atoms. The molecule has 1 aliphatic carbocycles. The Balaban J connectivity index is 2.22. The van der Waals surface area contributed by atoms with E-state index in [0.717, 1.165) is 34.1 Å². The quantitative estimate of drug-likeness (QED) is 0.663. The van der Waals surface area contributed by atoms with Crippen molar-refractivity contribution in [3.63, 3.8) is 0 Å². The van der Waals surface area contributed by atoms with E-state index >= 15 is 0 Å². The highest BCUT2D eigenvalue weighted by Crippen LogP contribution is 2.39. The second-order valence-corrected chi connectivity index (χ2v) is 5.84. The van der Waals surface area contributed by atoms with Crippen LogP contribution in [-0.4, -0.2) is 19.4 Å².